The van der Waals surface area contributed by atoms with Crippen molar-refractivity contribution in [3.05, 3.63) is 77.2 Å². The van der Waals surface area contributed by atoms with Crippen molar-refractivity contribution >= 4 is 34.7 Å². The topological polar surface area (TPSA) is 66.9 Å². The number of rotatable bonds is 4. The SMILES string of the molecule is O=C(Nc1cccc(Cl)c1)c1ccc(Nc2ccccc2F)nn1. The molecule has 0 atom stereocenters. The fourth-order valence-electron chi connectivity index (χ4n) is 1.98. The quantitative estimate of drug-likeness (QED) is 0.743. The van der Waals surface area contributed by atoms with Gasteiger partial charge in [0.15, 0.2) is 11.5 Å². The van der Waals surface area contributed by atoms with Gasteiger partial charge in [0.2, 0.25) is 0 Å². The summed E-state index contributed by atoms with van der Waals surface area (Å²) in [6.45, 7) is 0. The van der Waals surface area contributed by atoms with E-state index in [-0.39, 0.29) is 11.4 Å². The average Bonchev–Trinajstić information content (AvgIpc) is 2.57. The molecule has 2 aromatic carbocycles. The predicted molar refractivity (Wildman–Crippen MR) is 91.1 cm³/mol. The van der Waals surface area contributed by atoms with E-state index < -0.39 is 11.7 Å². The number of hydrogen-bond acceptors (Lipinski definition) is 4. The number of hydrogen-bond donors (Lipinski definition) is 2. The zero-order valence-electron chi connectivity index (χ0n) is 12.3. The lowest BCUT2D eigenvalue weighted by molar-refractivity contribution is 0.102. The van der Waals surface area contributed by atoms with E-state index in [1.165, 1.54) is 12.1 Å². The second-order valence-corrected chi connectivity index (χ2v) is 5.31. The minimum Gasteiger partial charge on any atom is -0.336 e. The van der Waals surface area contributed by atoms with E-state index >= 15 is 0 Å². The molecule has 0 bridgehead atoms. The Morgan fingerprint density at radius 3 is 2.54 bits per heavy atom. The van der Waals surface area contributed by atoms with Gasteiger partial charge in [0.25, 0.3) is 5.91 Å². The van der Waals surface area contributed by atoms with Gasteiger partial charge < -0.3 is 10.6 Å². The molecule has 3 rings (SSSR count). The first-order valence-electron chi connectivity index (χ1n) is 7.04. The van der Waals surface area contributed by atoms with Gasteiger partial charge >= 0.3 is 0 Å². The van der Waals surface area contributed by atoms with Gasteiger partial charge in [-0.25, -0.2) is 4.39 Å². The molecule has 0 fully saturated rings. The molecule has 5 nitrogen and oxygen atoms in total. The maximum atomic E-state index is 13.6. The molecular weight excluding hydrogens is 331 g/mol. The molecule has 0 aliphatic heterocycles. The van der Waals surface area contributed by atoms with Crippen LogP contribution >= 0.6 is 11.6 Å². The maximum absolute atomic E-state index is 13.6. The van der Waals surface area contributed by atoms with E-state index in [0.29, 0.717) is 16.5 Å². The van der Waals surface area contributed by atoms with Crippen LogP contribution in [0, 0.1) is 5.82 Å². The van der Waals surface area contributed by atoms with Crippen LogP contribution in [-0.2, 0) is 0 Å². The van der Waals surface area contributed by atoms with Crippen LogP contribution in [0.3, 0.4) is 0 Å². The second-order valence-electron chi connectivity index (χ2n) is 4.87. The zero-order valence-corrected chi connectivity index (χ0v) is 13.1. The van der Waals surface area contributed by atoms with Gasteiger partial charge in [-0.1, -0.05) is 29.8 Å². The van der Waals surface area contributed by atoms with Crippen LogP contribution in [0.4, 0.5) is 21.6 Å². The lowest BCUT2D eigenvalue weighted by Crippen LogP contribution is -2.14. The summed E-state index contributed by atoms with van der Waals surface area (Å²) < 4.78 is 13.6. The fraction of sp³-hybridized carbons (Fsp3) is 0. The smallest absolute Gasteiger partial charge is 0.276 e. The summed E-state index contributed by atoms with van der Waals surface area (Å²) in [4.78, 5) is 12.1. The molecule has 3 aromatic rings. The van der Waals surface area contributed by atoms with Crippen molar-refractivity contribution in [3.8, 4) is 0 Å². The van der Waals surface area contributed by atoms with Crippen molar-refractivity contribution in [2.75, 3.05) is 10.6 Å². The van der Waals surface area contributed by atoms with Crippen LogP contribution in [0.25, 0.3) is 0 Å². The molecule has 0 aliphatic rings. The normalized spacial score (nSPS) is 10.2. The van der Waals surface area contributed by atoms with Gasteiger partial charge in [0.1, 0.15) is 5.82 Å². The molecular formula is C17H12ClFN4O. The molecule has 2 N–H and O–H groups in total. The van der Waals surface area contributed by atoms with Crippen molar-refractivity contribution in [1.82, 2.24) is 10.2 Å². The molecule has 0 spiro atoms. The highest BCUT2D eigenvalue weighted by atomic mass is 35.5. The van der Waals surface area contributed by atoms with Crippen LogP contribution < -0.4 is 10.6 Å². The Kier molecular flexibility index (Phi) is 4.67. The Labute approximate surface area is 142 Å². The summed E-state index contributed by atoms with van der Waals surface area (Å²) in [5, 5.41) is 13.7. The second kappa shape index (κ2) is 7.06. The number of carbonyl (C=O) groups excluding carboxylic acids is 1. The third-order valence-corrected chi connectivity index (χ3v) is 3.35. The molecule has 0 aliphatic carbocycles. The largest absolute Gasteiger partial charge is 0.336 e. The van der Waals surface area contributed by atoms with Crippen molar-refractivity contribution in [2.45, 2.75) is 0 Å². The Morgan fingerprint density at radius 2 is 1.83 bits per heavy atom. The first-order chi connectivity index (χ1) is 11.6. The standard InChI is InChI=1S/C17H12ClFN4O/c18-11-4-3-5-12(10-11)20-17(24)15-8-9-16(23-22-15)21-14-7-2-1-6-13(14)19/h1-10H,(H,20,24)(H,21,23). The predicted octanol–water partition coefficient (Wildman–Crippen LogP) is 4.27. The third-order valence-electron chi connectivity index (χ3n) is 3.12. The highest BCUT2D eigenvalue weighted by molar-refractivity contribution is 6.30. The lowest BCUT2D eigenvalue weighted by atomic mass is 10.3. The Hall–Kier alpha value is -2.99. The van der Waals surface area contributed by atoms with Crippen LogP contribution in [0.1, 0.15) is 10.5 Å². The molecule has 24 heavy (non-hydrogen) atoms. The molecule has 1 aromatic heterocycles. The third kappa shape index (κ3) is 3.85. The molecule has 0 unspecified atom stereocenters. The van der Waals surface area contributed by atoms with E-state index in [1.807, 2.05) is 0 Å². The van der Waals surface area contributed by atoms with Crippen molar-refractivity contribution < 1.29 is 9.18 Å². The minimum atomic E-state index is -0.415. The highest BCUT2D eigenvalue weighted by Crippen LogP contribution is 2.18. The molecule has 7 heteroatoms. The number of nitrogens with zero attached hydrogens (tertiary/aromatic N) is 2. The molecule has 0 saturated heterocycles. The maximum Gasteiger partial charge on any atom is 0.276 e. The molecule has 0 saturated carbocycles. The average molecular weight is 343 g/mol. The molecule has 120 valence electrons. The number of nitrogens with one attached hydrogen (secondary N) is 2. The van der Waals surface area contributed by atoms with E-state index in [9.17, 15) is 9.18 Å². The summed E-state index contributed by atoms with van der Waals surface area (Å²) in [5.74, 6) is -0.483. The fourth-order valence-corrected chi connectivity index (χ4v) is 2.17. The van der Waals surface area contributed by atoms with E-state index in [0.717, 1.165) is 0 Å². The van der Waals surface area contributed by atoms with Crippen molar-refractivity contribution in [3.63, 3.8) is 0 Å². The van der Waals surface area contributed by atoms with Gasteiger partial charge in [-0.05, 0) is 42.5 Å². The summed E-state index contributed by atoms with van der Waals surface area (Å²) in [6, 6.07) is 16.0. The van der Waals surface area contributed by atoms with E-state index in [4.69, 9.17) is 11.6 Å². The van der Waals surface area contributed by atoms with E-state index in [2.05, 4.69) is 20.8 Å². The van der Waals surface area contributed by atoms with Gasteiger partial charge in [-0.3, -0.25) is 4.79 Å². The lowest BCUT2D eigenvalue weighted by Gasteiger charge is -2.07. The number of para-hydroxylation sites is 1. The number of amides is 1. The number of halogens is 2. The zero-order chi connectivity index (χ0) is 16.9. The van der Waals surface area contributed by atoms with Crippen LogP contribution in [-0.4, -0.2) is 16.1 Å². The molecule has 1 heterocycles. The number of carbonyl (C=O) groups is 1. The van der Waals surface area contributed by atoms with Gasteiger partial charge in [-0.15, -0.1) is 10.2 Å². The van der Waals surface area contributed by atoms with Gasteiger partial charge in [0, 0.05) is 10.7 Å². The highest BCUT2D eigenvalue weighted by Gasteiger charge is 2.09. The van der Waals surface area contributed by atoms with Crippen LogP contribution in [0.5, 0.6) is 0 Å². The minimum absolute atomic E-state index is 0.133. The van der Waals surface area contributed by atoms with Crippen LogP contribution in [0.2, 0.25) is 5.02 Å². The van der Waals surface area contributed by atoms with E-state index in [1.54, 1.807) is 48.5 Å². The van der Waals surface area contributed by atoms with Crippen LogP contribution in [0.15, 0.2) is 60.7 Å². The first kappa shape index (κ1) is 15.9. The number of anilines is 3. The first-order valence-corrected chi connectivity index (χ1v) is 7.42. The summed E-state index contributed by atoms with van der Waals surface area (Å²) in [7, 11) is 0. The summed E-state index contributed by atoms with van der Waals surface area (Å²) in [5.41, 5.74) is 0.972. The Morgan fingerprint density at radius 1 is 1.00 bits per heavy atom. The molecule has 0 radical (unpaired) electrons. The van der Waals surface area contributed by atoms with Crippen molar-refractivity contribution in [1.29, 1.82) is 0 Å². The van der Waals surface area contributed by atoms with Crippen molar-refractivity contribution in [2.24, 2.45) is 0 Å². The summed E-state index contributed by atoms with van der Waals surface area (Å²) >= 11 is 5.87. The number of aromatic nitrogens is 2. The van der Waals surface area contributed by atoms with Gasteiger partial charge in [-0.2, -0.15) is 0 Å². The van der Waals surface area contributed by atoms with Gasteiger partial charge in [0.05, 0.1) is 5.69 Å². The molecule has 1 amide bonds. The monoisotopic (exact) mass is 342 g/mol. The number of benzene rings is 2. The Bertz CT molecular complexity index is 870. The Balaban J connectivity index is 1.70. The summed E-state index contributed by atoms with van der Waals surface area (Å²) in [6.07, 6.45) is 0.